The molecule has 0 spiro atoms. The third-order valence-electron chi connectivity index (χ3n) is 5.63. The number of amides is 3. The lowest BCUT2D eigenvalue weighted by molar-refractivity contribution is -0.124. The molecule has 4 rings (SSSR count). The Morgan fingerprint density at radius 1 is 1.13 bits per heavy atom. The molecule has 2 atom stereocenters. The second kappa shape index (κ2) is 9.35. The Bertz CT molecular complexity index is 1090. The zero-order valence-corrected chi connectivity index (χ0v) is 18.1. The number of likely N-dealkylation sites (tertiary alicyclic amines) is 1. The minimum absolute atomic E-state index is 0.139. The molecular weight excluding hydrogens is 412 g/mol. The number of rotatable bonds is 5. The van der Waals surface area contributed by atoms with Gasteiger partial charge in [0.25, 0.3) is 0 Å². The monoisotopic (exact) mass is 436 g/mol. The summed E-state index contributed by atoms with van der Waals surface area (Å²) in [6.07, 6.45) is 4.06. The van der Waals surface area contributed by atoms with Crippen molar-refractivity contribution in [3.63, 3.8) is 0 Å². The second-order valence-electron chi connectivity index (χ2n) is 8.03. The summed E-state index contributed by atoms with van der Waals surface area (Å²) >= 11 is 6.16. The van der Waals surface area contributed by atoms with Gasteiger partial charge >= 0.3 is 6.03 Å². The van der Waals surface area contributed by atoms with E-state index in [0.717, 1.165) is 21.9 Å². The normalized spacial score (nSPS) is 18.2. The van der Waals surface area contributed by atoms with E-state index in [4.69, 9.17) is 11.6 Å². The maximum Gasteiger partial charge on any atom is 0.318 e. The Morgan fingerprint density at radius 3 is 2.81 bits per heavy atom. The van der Waals surface area contributed by atoms with Gasteiger partial charge < -0.3 is 15.5 Å². The summed E-state index contributed by atoms with van der Waals surface area (Å²) in [6, 6.07) is 14.7. The summed E-state index contributed by atoms with van der Waals surface area (Å²) in [6.45, 7) is 3.37. The fourth-order valence-corrected chi connectivity index (χ4v) is 4.24. The molecule has 2 aromatic carbocycles. The molecule has 2 N–H and O–H groups in total. The quantitative estimate of drug-likeness (QED) is 0.631. The van der Waals surface area contributed by atoms with E-state index in [2.05, 4.69) is 22.5 Å². The van der Waals surface area contributed by atoms with Crippen LogP contribution in [0, 0.1) is 5.92 Å². The van der Waals surface area contributed by atoms with E-state index in [1.165, 1.54) is 0 Å². The minimum atomic E-state index is -0.478. The van der Waals surface area contributed by atoms with Gasteiger partial charge in [0.1, 0.15) is 6.04 Å². The van der Waals surface area contributed by atoms with Crippen LogP contribution in [0.4, 0.5) is 4.79 Å². The van der Waals surface area contributed by atoms with Gasteiger partial charge in [0.15, 0.2) is 0 Å². The maximum atomic E-state index is 13.0. The first-order valence-electron chi connectivity index (χ1n) is 10.4. The number of aromatic nitrogens is 1. The minimum Gasteiger partial charge on any atom is -0.350 e. The lowest BCUT2D eigenvalue weighted by atomic mass is 10.0. The van der Waals surface area contributed by atoms with E-state index < -0.39 is 6.04 Å². The van der Waals surface area contributed by atoms with E-state index in [9.17, 15) is 9.59 Å². The summed E-state index contributed by atoms with van der Waals surface area (Å²) in [5.74, 6) is 0.122. The first-order valence-corrected chi connectivity index (χ1v) is 10.8. The third-order valence-corrected chi connectivity index (χ3v) is 5.86. The van der Waals surface area contributed by atoms with Crippen molar-refractivity contribution in [1.29, 1.82) is 0 Å². The number of nitrogens with one attached hydrogen (secondary N) is 2. The molecule has 1 saturated heterocycles. The van der Waals surface area contributed by atoms with E-state index in [-0.39, 0.29) is 17.9 Å². The highest BCUT2D eigenvalue weighted by Crippen LogP contribution is 2.25. The second-order valence-corrected chi connectivity index (χ2v) is 8.47. The van der Waals surface area contributed by atoms with Crippen LogP contribution >= 0.6 is 11.6 Å². The van der Waals surface area contributed by atoms with E-state index in [1.807, 2.05) is 48.5 Å². The molecule has 1 fully saturated rings. The first kappa shape index (κ1) is 21.1. The highest BCUT2D eigenvalue weighted by molar-refractivity contribution is 6.31. The van der Waals surface area contributed by atoms with E-state index in [0.29, 0.717) is 31.1 Å². The molecule has 0 saturated carbocycles. The number of hydrogen-bond acceptors (Lipinski definition) is 3. The molecule has 7 heteroatoms. The maximum absolute atomic E-state index is 13.0. The fourth-order valence-electron chi connectivity index (χ4n) is 4.06. The summed E-state index contributed by atoms with van der Waals surface area (Å²) in [4.78, 5) is 31.5. The highest BCUT2D eigenvalue weighted by Gasteiger charge is 2.37. The van der Waals surface area contributed by atoms with Gasteiger partial charge in [-0.25, -0.2) is 4.79 Å². The predicted molar refractivity (Wildman–Crippen MR) is 122 cm³/mol. The SMILES string of the molecule is C[C@@H]1CC(C(=O)NCc2cccnc2)N(C(=O)NCc2cccc3ccc(Cl)cc23)C1. The third kappa shape index (κ3) is 4.97. The van der Waals surface area contributed by atoms with Crippen molar-refractivity contribution in [2.75, 3.05) is 6.54 Å². The van der Waals surface area contributed by atoms with E-state index in [1.54, 1.807) is 17.3 Å². The van der Waals surface area contributed by atoms with Gasteiger partial charge in [0.05, 0.1) is 0 Å². The molecule has 1 unspecified atom stereocenters. The van der Waals surface area contributed by atoms with Gasteiger partial charge in [-0.3, -0.25) is 9.78 Å². The number of carbonyl (C=O) groups excluding carboxylic acids is 2. The lowest BCUT2D eigenvalue weighted by Gasteiger charge is -2.24. The fraction of sp³-hybridized carbons (Fsp3) is 0.292. The number of halogens is 1. The zero-order valence-electron chi connectivity index (χ0n) is 17.3. The number of urea groups is 1. The van der Waals surface area contributed by atoms with Crippen molar-refractivity contribution in [2.45, 2.75) is 32.5 Å². The molecule has 0 radical (unpaired) electrons. The predicted octanol–water partition coefficient (Wildman–Crippen LogP) is 4.12. The van der Waals surface area contributed by atoms with Gasteiger partial charge in [-0.2, -0.15) is 0 Å². The molecule has 1 aliphatic rings. The van der Waals surface area contributed by atoms with Gasteiger partial charge in [-0.1, -0.05) is 48.9 Å². The molecule has 1 aliphatic heterocycles. The molecule has 31 heavy (non-hydrogen) atoms. The van der Waals surface area contributed by atoms with Crippen LogP contribution in [-0.4, -0.2) is 34.4 Å². The summed E-state index contributed by atoms with van der Waals surface area (Å²) < 4.78 is 0. The van der Waals surface area contributed by atoms with E-state index >= 15 is 0 Å². The average molecular weight is 437 g/mol. The van der Waals surface area contributed by atoms with Gasteiger partial charge in [-0.15, -0.1) is 0 Å². The Labute approximate surface area is 186 Å². The van der Waals surface area contributed by atoms with Crippen molar-refractivity contribution in [1.82, 2.24) is 20.5 Å². The molecule has 1 aromatic heterocycles. The number of fused-ring (bicyclic) bond motifs is 1. The van der Waals surface area contributed by atoms with Crippen LogP contribution in [0.15, 0.2) is 60.9 Å². The standard InChI is InChI=1S/C24H25ClN4O2/c1-16-10-22(23(30)27-13-17-4-3-9-26-12-17)29(15-16)24(31)28-14-19-6-2-5-18-7-8-20(25)11-21(18)19/h2-9,11-12,16,22H,10,13-15H2,1H3,(H,27,30)(H,28,31)/t16-,22?/m1/s1. The summed E-state index contributed by atoms with van der Waals surface area (Å²) in [7, 11) is 0. The van der Waals surface area contributed by atoms with Crippen molar-refractivity contribution < 1.29 is 9.59 Å². The van der Waals surface area contributed by atoms with Crippen molar-refractivity contribution in [3.8, 4) is 0 Å². The highest BCUT2D eigenvalue weighted by atomic mass is 35.5. The summed E-state index contributed by atoms with van der Waals surface area (Å²) in [5.41, 5.74) is 1.91. The number of pyridine rings is 1. The number of carbonyl (C=O) groups is 2. The summed E-state index contributed by atoms with van der Waals surface area (Å²) in [5, 5.41) is 8.66. The van der Waals surface area contributed by atoms with Crippen molar-refractivity contribution in [2.24, 2.45) is 5.92 Å². The van der Waals surface area contributed by atoms with Crippen molar-refractivity contribution in [3.05, 3.63) is 77.1 Å². The van der Waals surface area contributed by atoms with Crippen LogP contribution in [0.3, 0.4) is 0 Å². The van der Waals surface area contributed by atoms with Crippen molar-refractivity contribution >= 4 is 34.3 Å². The van der Waals surface area contributed by atoms with Gasteiger partial charge in [-0.05, 0) is 52.4 Å². The van der Waals surface area contributed by atoms with Crippen LogP contribution in [0.2, 0.25) is 5.02 Å². The smallest absolute Gasteiger partial charge is 0.318 e. The molecule has 2 heterocycles. The van der Waals surface area contributed by atoms with Crippen LogP contribution in [0.1, 0.15) is 24.5 Å². The Balaban J connectivity index is 1.41. The average Bonchev–Trinajstić information content (AvgIpc) is 3.18. The molecule has 3 amide bonds. The lowest BCUT2D eigenvalue weighted by Crippen LogP contribution is -2.49. The zero-order chi connectivity index (χ0) is 21.8. The number of benzene rings is 2. The van der Waals surface area contributed by atoms with Crippen LogP contribution in [-0.2, 0) is 17.9 Å². The van der Waals surface area contributed by atoms with Gasteiger partial charge in [0, 0.05) is 37.1 Å². The Morgan fingerprint density at radius 2 is 2.00 bits per heavy atom. The van der Waals surface area contributed by atoms with Crippen LogP contribution in [0.25, 0.3) is 10.8 Å². The number of nitrogens with zero attached hydrogens (tertiary/aromatic N) is 2. The first-order chi connectivity index (χ1) is 15.0. The molecule has 3 aromatic rings. The molecule has 0 bridgehead atoms. The van der Waals surface area contributed by atoms with Gasteiger partial charge in [0.2, 0.25) is 5.91 Å². The molecular formula is C24H25ClN4O2. The molecule has 6 nitrogen and oxygen atoms in total. The Hall–Kier alpha value is -3.12. The van der Waals surface area contributed by atoms with Crippen LogP contribution in [0.5, 0.6) is 0 Å². The Kier molecular flexibility index (Phi) is 6.37. The number of hydrogen-bond donors (Lipinski definition) is 2. The largest absolute Gasteiger partial charge is 0.350 e. The van der Waals surface area contributed by atoms with Crippen LogP contribution < -0.4 is 10.6 Å². The molecule has 0 aliphatic carbocycles. The topological polar surface area (TPSA) is 74.3 Å². The molecule has 160 valence electrons.